The van der Waals surface area contributed by atoms with Crippen molar-refractivity contribution in [2.24, 2.45) is 0 Å². The Morgan fingerprint density at radius 3 is 2.42 bits per heavy atom. The number of imide groups is 1. The zero-order chi connectivity index (χ0) is 19.1. The van der Waals surface area contributed by atoms with Crippen LogP contribution in [0.25, 0.3) is 11.1 Å². The molecule has 0 aliphatic carbocycles. The fourth-order valence-corrected chi connectivity index (χ4v) is 3.15. The lowest BCUT2D eigenvalue weighted by atomic mass is 10.0. The van der Waals surface area contributed by atoms with Gasteiger partial charge in [-0.05, 0) is 56.2 Å². The third kappa shape index (κ3) is 3.53. The Hall–Kier alpha value is -2.53. The van der Waals surface area contributed by atoms with Gasteiger partial charge in [0.1, 0.15) is 5.60 Å². The van der Waals surface area contributed by atoms with E-state index < -0.39 is 11.7 Å². The van der Waals surface area contributed by atoms with Crippen LogP contribution in [0, 0.1) is 0 Å². The van der Waals surface area contributed by atoms with E-state index in [0.717, 1.165) is 27.3 Å². The zero-order valence-electron chi connectivity index (χ0n) is 15.2. The Bertz CT molecular complexity index is 870. The summed E-state index contributed by atoms with van der Waals surface area (Å²) in [6.07, 6.45) is -0.531. The van der Waals surface area contributed by atoms with Crippen molar-refractivity contribution >= 4 is 35.0 Å². The summed E-state index contributed by atoms with van der Waals surface area (Å²) in [7, 11) is 1.86. The summed E-state index contributed by atoms with van der Waals surface area (Å²) in [4.78, 5) is 25.8. The van der Waals surface area contributed by atoms with Crippen LogP contribution in [0.3, 0.4) is 0 Å². The Morgan fingerprint density at radius 2 is 1.85 bits per heavy atom. The molecule has 26 heavy (non-hydrogen) atoms. The number of halogens is 1. The van der Waals surface area contributed by atoms with Gasteiger partial charge in [0.05, 0.1) is 17.1 Å². The number of hydrogen-bond donors (Lipinski definition) is 1. The molecule has 2 amide bonds. The van der Waals surface area contributed by atoms with Crippen molar-refractivity contribution in [3.8, 4) is 11.1 Å². The minimum absolute atomic E-state index is 0.146. The van der Waals surface area contributed by atoms with Crippen LogP contribution in [0.4, 0.5) is 16.2 Å². The molecule has 1 heterocycles. The third-order valence-electron chi connectivity index (χ3n) is 4.06. The number of ether oxygens (including phenoxy) is 1. The van der Waals surface area contributed by atoms with E-state index in [4.69, 9.17) is 16.3 Å². The molecule has 0 radical (unpaired) electrons. The predicted molar refractivity (Wildman–Crippen MR) is 104 cm³/mol. The van der Waals surface area contributed by atoms with Gasteiger partial charge in [0.15, 0.2) is 0 Å². The van der Waals surface area contributed by atoms with Crippen molar-refractivity contribution in [1.82, 2.24) is 0 Å². The summed E-state index contributed by atoms with van der Waals surface area (Å²) in [5.41, 5.74) is 3.34. The van der Waals surface area contributed by atoms with E-state index in [1.54, 1.807) is 26.8 Å². The molecule has 2 aromatic carbocycles. The van der Waals surface area contributed by atoms with Crippen molar-refractivity contribution < 1.29 is 14.3 Å². The van der Waals surface area contributed by atoms with Crippen LogP contribution in [0.2, 0.25) is 5.02 Å². The van der Waals surface area contributed by atoms with Crippen molar-refractivity contribution in [1.29, 1.82) is 0 Å². The Balaban J connectivity index is 1.97. The van der Waals surface area contributed by atoms with Crippen molar-refractivity contribution in [3.05, 3.63) is 47.0 Å². The fraction of sp³-hybridized carbons (Fsp3) is 0.300. The highest BCUT2D eigenvalue weighted by Gasteiger charge is 2.36. The molecule has 0 saturated carbocycles. The van der Waals surface area contributed by atoms with Gasteiger partial charge in [-0.1, -0.05) is 23.7 Å². The standard InChI is InChI=1S/C20H21ClN2O3/c1-20(2,3)26-19(25)23-17-11-16(21)15(9-13(17)10-18(23)24)12-5-7-14(22-4)8-6-12/h5-9,11,22H,10H2,1-4H3. The number of carbonyl (C=O) groups is 2. The fourth-order valence-electron chi connectivity index (χ4n) is 2.88. The average molecular weight is 373 g/mol. The van der Waals surface area contributed by atoms with Gasteiger partial charge < -0.3 is 10.1 Å². The Morgan fingerprint density at radius 1 is 1.19 bits per heavy atom. The second kappa shape index (κ2) is 6.65. The quantitative estimate of drug-likeness (QED) is 0.816. The van der Waals surface area contributed by atoms with E-state index in [9.17, 15) is 9.59 Å². The summed E-state index contributed by atoms with van der Waals surface area (Å²) >= 11 is 6.46. The summed E-state index contributed by atoms with van der Waals surface area (Å²) in [6.45, 7) is 5.28. The summed E-state index contributed by atoms with van der Waals surface area (Å²) in [6, 6.07) is 11.4. The van der Waals surface area contributed by atoms with E-state index in [-0.39, 0.29) is 12.3 Å². The van der Waals surface area contributed by atoms with Gasteiger partial charge in [0.25, 0.3) is 0 Å². The Kier molecular flexibility index (Phi) is 4.67. The van der Waals surface area contributed by atoms with Gasteiger partial charge in [-0.3, -0.25) is 4.79 Å². The van der Waals surface area contributed by atoms with Crippen molar-refractivity contribution in [2.45, 2.75) is 32.8 Å². The summed E-state index contributed by atoms with van der Waals surface area (Å²) < 4.78 is 5.35. The highest BCUT2D eigenvalue weighted by molar-refractivity contribution is 6.34. The monoisotopic (exact) mass is 372 g/mol. The smallest absolute Gasteiger partial charge is 0.421 e. The molecule has 136 valence electrons. The molecule has 0 aromatic heterocycles. The number of nitrogens with zero attached hydrogens (tertiary/aromatic N) is 1. The van der Waals surface area contributed by atoms with Crippen LogP contribution in [0.15, 0.2) is 36.4 Å². The lowest BCUT2D eigenvalue weighted by molar-refractivity contribution is -0.117. The number of hydrogen-bond acceptors (Lipinski definition) is 4. The molecule has 0 unspecified atom stereocenters. The lowest BCUT2D eigenvalue weighted by Crippen LogP contribution is -2.38. The van der Waals surface area contributed by atoms with E-state index in [1.165, 1.54) is 0 Å². The molecule has 0 bridgehead atoms. The van der Waals surface area contributed by atoms with Gasteiger partial charge in [0.2, 0.25) is 5.91 Å². The SMILES string of the molecule is CNc1ccc(-c2cc3c(cc2Cl)N(C(=O)OC(C)(C)C)C(=O)C3)cc1. The lowest BCUT2D eigenvalue weighted by Gasteiger charge is -2.24. The van der Waals surface area contributed by atoms with Crippen LogP contribution >= 0.6 is 11.6 Å². The zero-order valence-corrected chi connectivity index (χ0v) is 16.0. The molecule has 2 aromatic rings. The highest BCUT2D eigenvalue weighted by atomic mass is 35.5. The molecule has 0 spiro atoms. The summed E-state index contributed by atoms with van der Waals surface area (Å²) in [5, 5.41) is 3.54. The van der Waals surface area contributed by atoms with Crippen LogP contribution in [-0.4, -0.2) is 24.6 Å². The van der Waals surface area contributed by atoms with E-state index in [2.05, 4.69) is 5.32 Å². The maximum absolute atomic E-state index is 12.4. The normalized spacial score (nSPS) is 13.6. The largest absolute Gasteiger partial charge is 0.443 e. The molecular formula is C20H21ClN2O3. The van der Waals surface area contributed by atoms with E-state index in [0.29, 0.717) is 10.7 Å². The van der Waals surface area contributed by atoms with Gasteiger partial charge in [0, 0.05) is 18.3 Å². The molecule has 6 heteroatoms. The van der Waals surface area contributed by atoms with Gasteiger partial charge in [-0.2, -0.15) is 0 Å². The molecule has 0 fully saturated rings. The first-order valence-corrected chi connectivity index (χ1v) is 8.74. The van der Waals surface area contributed by atoms with E-state index >= 15 is 0 Å². The van der Waals surface area contributed by atoms with Gasteiger partial charge in [-0.15, -0.1) is 0 Å². The molecule has 1 aliphatic heterocycles. The third-order valence-corrected chi connectivity index (χ3v) is 4.37. The first-order chi connectivity index (χ1) is 12.2. The molecule has 1 aliphatic rings. The van der Waals surface area contributed by atoms with Crippen LogP contribution in [-0.2, 0) is 16.0 Å². The van der Waals surface area contributed by atoms with Crippen LogP contribution in [0.5, 0.6) is 0 Å². The molecule has 0 atom stereocenters. The minimum atomic E-state index is -0.682. The van der Waals surface area contributed by atoms with Crippen LogP contribution < -0.4 is 10.2 Å². The van der Waals surface area contributed by atoms with Crippen LogP contribution in [0.1, 0.15) is 26.3 Å². The van der Waals surface area contributed by atoms with Crippen molar-refractivity contribution in [3.63, 3.8) is 0 Å². The second-order valence-corrected chi connectivity index (χ2v) is 7.58. The average Bonchev–Trinajstić information content (AvgIpc) is 2.87. The number of amides is 2. The topological polar surface area (TPSA) is 58.6 Å². The number of nitrogens with one attached hydrogen (secondary N) is 1. The first-order valence-electron chi connectivity index (χ1n) is 8.36. The molecule has 5 nitrogen and oxygen atoms in total. The maximum atomic E-state index is 12.4. The Labute approximate surface area is 157 Å². The van der Waals surface area contributed by atoms with Crippen molar-refractivity contribution in [2.75, 3.05) is 17.3 Å². The first kappa shape index (κ1) is 18.3. The predicted octanol–water partition coefficient (Wildman–Crippen LogP) is 4.87. The van der Waals surface area contributed by atoms with E-state index in [1.807, 2.05) is 37.4 Å². The molecule has 0 saturated heterocycles. The second-order valence-electron chi connectivity index (χ2n) is 7.17. The number of fused-ring (bicyclic) bond motifs is 1. The number of benzene rings is 2. The molecule has 1 N–H and O–H groups in total. The number of anilines is 2. The number of carbonyl (C=O) groups excluding carboxylic acids is 2. The minimum Gasteiger partial charge on any atom is -0.443 e. The summed E-state index contributed by atoms with van der Waals surface area (Å²) in [5.74, 6) is -0.312. The van der Waals surface area contributed by atoms with Gasteiger partial charge in [-0.25, -0.2) is 9.69 Å². The molecular weight excluding hydrogens is 352 g/mol. The number of rotatable bonds is 2. The molecule has 3 rings (SSSR count). The maximum Gasteiger partial charge on any atom is 0.421 e. The van der Waals surface area contributed by atoms with Gasteiger partial charge >= 0.3 is 6.09 Å². The highest BCUT2D eigenvalue weighted by Crippen LogP contribution is 2.39.